The van der Waals surface area contributed by atoms with E-state index in [9.17, 15) is 13.2 Å². The second-order valence-corrected chi connectivity index (χ2v) is 10.9. The van der Waals surface area contributed by atoms with Crippen molar-refractivity contribution in [1.29, 1.82) is 0 Å². The van der Waals surface area contributed by atoms with Crippen molar-refractivity contribution in [2.45, 2.75) is 6.42 Å². The summed E-state index contributed by atoms with van der Waals surface area (Å²) in [6.07, 6.45) is 0.384. The van der Waals surface area contributed by atoms with E-state index in [1.165, 1.54) is 11.3 Å². The molecule has 9 heteroatoms. The molecule has 0 unspecified atom stereocenters. The first-order chi connectivity index (χ1) is 12.0. The number of anilines is 1. The van der Waals surface area contributed by atoms with Crippen LogP contribution in [0.4, 0.5) is 5.13 Å². The first kappa shape index (κ1) is 16.9. The highest BCUT2D eigenvalue weighted by molar-refractivity contribution is 7.91. The molecule has 4 rings (SSSR count). The van der Waals surface area contributed by atoms with Crippen LogP contribution in [0.1, 0.15) is 6.42 Å². The zero-order chi connectivity index (χ0) is 17.4. The average molecular weight is 411 g/mol. The summed E-state index contributed by atoms with van der Waals surface area (Å²) >= 11 is 4.66. The van der Waals surface area contributed by atoms with Crippen molar-refractivity contribution in [2.24, 2.45) is 5.92 Å². The predicted octanol–water partition coefficient (Wildman–Crippen LogP) is 3.97. The van der Waals surface area contributed by atoms with E-state index in [1.807, 2.05) is 35.0 Å². The van der Waals surface area contributed by atoms with E-state index < -0.39 is 15.8 Å². The first-order valence-corrected chi connectivity index (χ1v) is 12.0. The predicted molar refractivity (Wildman–Crippen MR) is 104 cm³/mol. The van der Waals surface area contributed by atoms with Gasteiger partial charge in [0.15, 0.2) is 15.0 Å². The molecule has 130 valence electrons. The van der Waals surface area contributed by atoms with Crippen LogP contribution in [-0.4, -0.2) is 30.8 Å². The highest BCUT2D eigenvalue weighted by Gasteiger charge is 2.33. The summed E-state index contributed by atoms with van der Waals surface area (Å²) in [5.74, 6) is -0.724. The van der Waals surface area contributed by atoms with Crippen molar-refractivity contribution < 1.29 is 13.2 Å². The topological polar surface area (TPSA) is 76.1 Å². The van der Waals surface area contributed by atoms with Gasteiger partial charge < -0.3 is 5.32 Å². The molecule has 1 N–H and O–H groups in total. The van der Waals surface area contributed by atoms with E-state index in [4.69, 9.17) is 0 Å². The maximum atomic E-state index is 12.4. The van der Waals surface area contributed by atoms with Gasteiger partial charge >= 0.3 is 0 Å². The van der Waals surface area contributed by atoms with Crippen LogP contribution in [0.3, 0.4) is 0 Å². The Kier molecular flexibility index (Phi) is 4.48. The average Bonchev–Trinajstić information content (AvgIpc) is 3.33. The third-order valence-corrected chi connectivity index (χ3v) is 8.63. The Labute approximate surface area is 157 Å². The molecule has 0 saturated carbocycles. The van der Waals surface area contributed by atoms with Gasteiger partial charge in [0.2, 0.25) is 5.91 Å². The fourth-order valence-corrected chi connectivity index (χ4v) is 7.10. The number of carbonyl (C=O) groups is 1. The summed E-state index contributed by atoms with van der Waals surface area (Å²) in [5, 5.41) is 7.34. The lowest BCUT2D eigenvalue weighted by atomic mass is 10.1. The summed E-state index contributed by atoms with van der Waals surface area (Å²) in [6, 6.07) is 8.00. The molecular formula is C16H14N2O3S4. The number of sulfone groups is 1. The van der Waals surface area contributed by atoms with E-state index in [-0.39, 0.29) is 17.4 Å². The van der Waals surface area contributed by atoms with Gasteiger partial charge in [-0.2, -0.15) is 0 Å². The van der Waals surface area contributed by atoms with Gasteiger partial charge in [0, 0.05) is 4.88 Å². The van der Waals surface area contributed by atoms with Gasteiger partial charge in [-0.15, -0.1) is 22.7 Å². The second-order valence-electron chi connectivity index (χ2n) is 5.74. The lowest BCUT2D eigenvalue weighted by molar-refractivity contribution is -0.119. The number of nitrogens with zero attached hydrogens (tertiary/aromatic N) is 1. The summed E-state index contributed by atoms with van der Waals surface area (Å²) in [5.41, 5.74) is 0.858. The Morgan fingerprint density at radius 1 is 1.16 bits per heavy atom. The number of thiophene rings is 2. The van der Waals surface area contributed by atoms with Gasteiger partial charge in [0.1, 0.15) is 5.69 Å². The molecule has 5 nitrogen and oxygen atoms in total. The Morgan fingerprint density at radius 2 is 1.88 bits per heavy atom. The second kappa shape index (κ2) is 6.64. The summed E-state index contributed by atoms with van der Waals surface area (Å²) in [7, 11) is -3.08. The molecule has 3 aromatic rings. The van der Waals surface area contributed by atoms with Gasteiger partial charge in [-0.05, 0) is 29.3 Å². The number of nitrogens with one attached hydrogen (secondary N) is 1. The highest BCUT2D eigenvalue weighted by atomic mass is 32.2. The van der Waals surface area contributed by atoms with Gasteiger partial charge in [0.25, 0.3) is 0 Å². The number of rotatable bonds is 4. The number of amides is 1. The molecular weight excluding hydrogens is 396 g/mol. The van der Waals surface area contributed by atoms with Crippen molar-refractivity contribution in [2.75, 3.05) is 16.8 Å². The minimum atomic E-state index is -3.08. The minimum absolute atomic E-state index is 0.0697. The van der Waals surface area contributed by atoms with Crippen LogP contribution in [0.2, 0.25) is 0 Å². The third kappa shape index (κ3) is 3.55. The van der Waals surface area contributed by atoms with Crippen molar-refractivity contribution in [1.82, 2.24) is 4.98 Å². The molecule has 0 bridgehead atoms. The molecule has 1 aliphatic rings. The molecule has 0 aromatic carbocycles. The minimum Gasteiger partial charge on any atom is -0.302 e. The normalized spacial score (nSPS) is 19.1. The molecule has 3 aromatic heterocycles. The molecule has 1 amide bonds. The monoisotopic (exact) mass is 410 g/mol. The zero-order valence-corrected chi connectivity index (χ0v) is 16.2. The van der Waals surface area contributed by atoms with Gasteiger partial charge in [-0.25, -0.2) is 13.4 Å². The Bertz CT molecular complexity index is 937. The van der Waals surface area contributed by atoms with Gasteiger partial charge in [0.05, 0.1) is 27.2 Å². The third-order valence-electron chi connectivity index (χ3n) is 3.96. The summed E-state index contributed by atoms with van der Waals surface area (Å²) < 4.78 is 23.2. The fraction of sp³-hybridized carbons (Fsp3) is 0.250. The molecule has 0 aliphatic carbocycles. The number of thiazole rings is 1. The first-order valence-electron chi connectivity index (χ1n) is 7.62. The Hall–Kier alpha value is -1.55. The van der Waals surface area contributed by atoms with E-state index in [0.29, 0.717) is 11.6 Å². The van der Waals surface area contributed by atoms with Crippen LogP contribution in [0.25, 0.3) is 20.3 Å². The number of aromatic nitrogens is 1. The van der Waals surface area contributed by atoms with Crippen molar-refractivity contribution in [3.8, 4) is 20.3 Å². The molecule has 1 atom stereocenters. The SMILES string of the molecule is O=C(Nc1nc(-c2cccs2)c(-c2cccs2)s1)[C@H]1CCS(=O)(=O)C1. The Morgan fingerprint density at radius 3 is 2.48 bits per heavy atom. The van der Waals surface area contributed by atoms with Crippen LogP contribution < -0.4 is 5.32 Å². The molecule has 4 heterocycles. The molecule has 1 aliphatic heterocycles. The van der Waals surface area contributed by atoms with Crippen LogP contribution in [0.15, 0.2) is 35.0 Å². The largest absolute Gasteiger partial charge is 0.302 e. The zero-order valence-electron chi connectivity index (χ0n) is 13.0. The standard InChI is InChI=1S/C16H14N2O3S4/c19-15(10-5-8-25(20,21)9-10)18-16-17-13(11-3-1-6-22-11)14(24-16)12-4-2-7-23-12/h1-4,6-7,10H,5,8-9H2,(H,17,18,19)/t10-/m0/s1. The number of hydrogen-bond donors (Lipinski definition) is 1. The van der Waals surface area contributed by atoms with Crippen molar-refractivity contribution in [3.05, 3.63) is 35.0 Å². The molecule has 1 saturated heterocycles. The number of hydrogen-bond acceptors (Lipinski definition) is 7. The summed E-state index contributed by atoms with van der Waals surface area (Å²) in [4.78, 5) is 20.2. The lowest BCUT2D eigenvalue weighted by Crippen LogP contribution is -2.23. The van der Waals surface area contributed by atoms with Crippen LogP contribution in [0, 0.1) is 5.92 Å². The van der Waals surface area contributed by atoms with Crippen molar-refractivity contribution >= 4 is 54.9 Å². The van der Waals surface area contributed by atoms with Gasteiger partial charge in [-0.3, -0.25) is 4.79 Å². The van der Waals surface area contributed by atoms with Crippen LogP contribution in [0.5, 0.6) is 0 Å². The molecule has 0 radical (unpaired) electrons. The molecule has 1 fully saturated rings. The van der Waals surface area contributed by atoms with Crippen molar-refractivity contribution in [3.63, 3.8) is 0 Å². The van der Waals surface area contributed by atoms with Gasteiger partial charge in [-0.1, -0.05) is 23.5 Å². The molecule has 25 heavy (non-hydrogen) atoms. The highest BCUT2D eigenvalue weighted by Crippen LogP contribution is 2.42. The fourth-order valence-electron chi connectivity index (χ4n) is 2.74. The van der Waals surface area contributed by atoms with E-state index >= 15 is 0 Å². The Balaban J connectivity index is 1.63. The molecule has 0 spiro atoms. The number of carbonyl (C=O) groups excluding carboxylic acids is 1. The maximum Gasteiger partial charge on any atom is 0.230 e. The van der Waals surface area contributed by atoms with E-state index in [2.05, 4.69) is 10.3 Å². The lowest BCUT2D eigenvalue weighted by Gasteiger charge is -2.06. The van der Waals surface area contributed by atoms with Crippen LogP contribution in [-0.2, 0) is 14.6 Å². The maximum absolute atomic E-state index is 12.4. The van der Waals surface area contributed by atoms with E-state index in [0.717, 1.165) is 20.3 Å². The quantitative estimate of drug-likeness (QED) is 0.706. The smallest absolute Gasteiger partial charge is 0.230 e. The van der Waals surface area contributed by atoms with E-state index in [1.54, 1.807) is 22.7 Å². The van der Waals surface area contributed by atoms with Crippen LogP contribution >= 0.6 is 34.0 Å². The summed E-state index contributed by atoms with van der Waals surface area (Å²) in [6.45, 7) is 0.